The number of hydrogen-bond donors (Lipinski definition) is 1. The van der Waals surface area contributed by atoms with E-state index in [0.717, 1.165) is 28.3 Å². The molecule has 0 bridgehead atoms. The standard InChI is InChI=1S/C21H16N6/c1-15-19(14-27(26-15)18-5-3-2-4-6-18)20-11-12-23-21(25-20)24-17-9-7-16(13-22)8-10-17/h2-12,14H,1H3,(H,23,24,25). The minimum absolute atomic E-state index is 0.490. The topological polar surface area (TPSA) is 79.4 Å². The van der Waals surface area contributed by atoms with Gasteiger partial charge in [0.2, 0.25) is 5.95 Å². The second kappa shape index (κ2) is 7.10. The highest BCUT2D eigenvalue weighted by Gasteiger charge is 2.11. The monoisotopic (exact) mass is 352 g/mol. The fraction of sp³-hybridized carbons (Fsp3) is 0.0476. The van der Waals surface area contributed by atoms with Gasteiger partial charge in [0.1, 0.15) is 0 Å². The van der Waals surface area contributed by atoms with Crippen molar-refractivity contribution >= 4 is 11.6 Å². The summed E-state index contributed by atoms with van der Waals surface area (Å²) < 4.78 is 1.85. The van der Waals surface area contributed by atoms with Crippen LogP contribution in [-0.4, -0.2) is 19.7 Å². The molecule has 4 rings (SSSR count). The normalized spacial score (nSPS) is 10.4. The van der Waals surface area contributed by atoms with Crippen molar-refractivity contribution in [3.05, 3.63) is 84.3 Å². The number of nitriles is 1. The zero-order valence-electron chi connectivity index (χ0n) is 14.7. The average Bonchev–Trinajstić information content (AvgIpc) is 3.11. The molecule has 27 heavy (non-hydrogen) atoms. The second-order valence-corrected chi connectivity index (χ2v) is 5.99. The van der Waals surface area contributed by atoms with E-state index in [1.165, 1.54) is 0 Å². The Labute approximate surface area is 156 Å². The summed E-state index contributed by atoms with van der Waals surface area (Å²) in [6, 6.07) is 21.1. The molecule has 0 unspecified atom stereocenters. The zero-order chi connectivity index (χ0) is 18.6. The molecule has 0 atom stereocenters. The van der Waals surface area contributed by atoms with Gasteiger partial charge in [0.05, 0.1) is 28.7 Å². The van der Waals surface area contributed by atoms with Gasteiger partial charge < -0.3 is 5.32 Å². The molecule has 6 heteroatoms. The largest absolute Gasteiger partial charge is 0.324 e. The van der Waals surface area contributed by atoms with Gasteiger partial charge in [0.25, 0.3) is 0 Å². The lowest BCUT2D eigenvalue weighted by Gasteiger charge is -2.06. The van der Waals surface area contributed by atoms with Gasteiger partial charge in [0, 0.05) is 23.6 Å². The molecule has 130 valence electrons. The molecule has 0 aliphatic carbocycles. The van der Waals surface area contributed by atoms with Crippen molar-refractivity contribution < 1.29 is 0 Å². The predicted molar refractivity (Wildman–Crippen MR) is 104 cm³/mol. The van der Waals surface area contributed by atoms with Crippen LogP contribution in [0.15, 0.2) is 73.1 Å². The Morgan fingerprint density at radius 3 is 2.52 bits per heavy atom. The summed E-state index contributed by atoms with van der Waals surface area (Å²) in [6.45, 7) is 1.96. The molecule has 2 aromatic carbocycles. The van der Waals surface area contributed by atoms with Gasteiger partial charge in [-0.05, 0) is 49.4 Å². The molecule has 0 saturated heterocycles. The summed E-state index contributed by atoms with van der Waals surface area (Å²) in [5.74, 6) is 0.490. The van der Waals surface area contributed by atoms with Gasteiger partial charge in [0.15, 0.2) is 0 Å². The molecule has 0 fully saturated rings. The van der Waals surface area contributed by atoms with E-state index in [1.807, 2.05) is 66.3 Å². The molecule has 1 N–H and O–H groups in total. The Bertz CT molecular complexity index is 1110. The molecule has 2 heterocycles. The number of anilines is 2. The Kier molecular flexibility index (Phi) is 4.33. The highest BCUT2D eigenvalue weighted by Crippen LogP contribution is 2.23. The fourth-order valence-corrected chi connectivity index (χ4v) is 2.75. The number of benzene rings is 2. The molecule has 0 amide bonds. The van der Waals surface area contributed by atoms with Crippen molar-refractivity contribution in [2.45, 2.75) is 6.92 Å². The Balaban J connectivity index is 1.62. The smallest absolute Gasteiger partial charge is 0.227 e. The van der Waals surface area contributed by atoms with Crippen LogP contribution in [0.5, 0.6) is 0 Å². The summed E-state index contributed by atoms with van der Waals surface area (Å²) in [6.07, 6.45) is 3.69. The van der Waals surface area contributed by atoms with Gasteiger partial charge in [-0.3, -0.25) is 0 Å². The third kappa shape index (κ3) is 3.53. The molecule has 4 aromatic rings. The first-order chi connectivity index (χ1) is 13.2. The van der Waals surface area contributed by atoms with Gasteiger partial charge in [-0.1, -0.05) is 18.2 Å². The molecule has 6 nitrogen and oxygen atoms in total. The Morgan fingerprint density at radius 1 is 1.00 bits per heavy atom. The number of aryl methyl sites for hydroxylation is 1. The van der Waals surface area contributed by atoms with Crippen molar-refractivity contribution in [3.63, 3.8) is 0 Å². The van der Waals surface area contributed by atoms with Crippen LogP contribution in [0.4, 0.5) is 11.6 Å². The number of aromatic nitrogens is 4. The number of nitrogens with zero attached hydrogens (tertiary/aromatic N) is 5. The quantitative estimate of drug-likeness (QED) is 0.594. The van der Waals surface area contributed by atoms with Crippen molar-refractivity contribution in [2.24, 2.45) is 0 Å². The first-order valence-corrected chi connectivity index (χ1v) is 8.45. The third-order valence-electron chi connectivity index (χ3n) is 4.12. The number of para-hydroxylation sites is 1. The summed E-state index contributed by atoms with van der Waals surface area (Å²) in [5, 5.41) is 16.6. The lowest BCUT2D eigenvalue weighted by molar-refractivity contribution is 0.863. The van der Waals surface area contributed by atoms with Gasteiger partial charge >= 0.3 is 0 Å². The van der Waals surface area contributed by atoms with Crippen molar-refractivity contribution in [3.8, 4) is 23.0 Å². The van der Waals surface area contributed by atoms with Crippen molar-refractivity contribution in [2.75, 3.05) is 5.32 Å². The maximum Gasteiger partial charge on any atom is 0.227 e. The van der Waals surface area contributed by atoms with E-state index in [1.54, 1.807) is 18.3 Å². The summed E-state index contributed by atoms with van der Waals surface area (Å²) in [7, 11) is 0. The van der Waals surface area contributed by atoms with Crippen LogP contribution in [0.2, 0.25) is 0 Å². The molecule has 0 radical (unpaired) electrons. The predicted octanol–water partition coefficient (Wildman–Crippen LogP) is 4.25. The highest BCUT2D eigenvalue weighted by molar-refractivity contribution is 5.64. The average molecular weight is 352 g/mol. The van der Waals surface area contributed by atoms with Crippen LogP contribution in [0, 0.1) is 18.3 Å². The van der Waals surface area contributed by atoms with Crippen LogP contribution in [0.25, 0.3) is 16.9 Å². The van der Waals surface area contributed by atoms with Gasteiger partial charge in [-0.25, -0.2) is 14.6 Å². The van der Waals surface area contributed by atoms with Crippen molar-refractivity contribution in [1.82, 2.24) is 19.7 Å². The third-order valence-corrected chi connectivity index (χ3v) is 4.12. The number of rotatable bonds is 4. The Hall–Kier alpha value is -3.98. The zero-order valence-corrected chi connectivity index (χ0v) is 14.7. The molecule has 0 saturated carbocycles. The minimum Gasteiger partial charge on any atom is -0.324 e. The van der Waals surface area contributed by atoms with Crippen LogP contribution in [0.3, 0.4) is 0 Å². The maximum atomic E-state index is 8.89. The highest BCUT2D eigenvalue weighted by atomic mass is 15.3. The van der Waals surface area contributed by atoms with E-state index in [0.29, 0.717) is 11.5 Å². The second-order valence-electron chi connectivity index (χ2n) is 5.99. The fourth-order valence-electron chi connectivity index (χ4n) is 2.75. The van der Waals surface area contributed by atoms with E-state index in [9.17, 15) is 0 Å². The van der Waals surface area contributed by atoms with Crippen LogP contribution in [0.1, 0.15) is 11.3 Å². The van der Waals surface area contributed by atoms with Gasteiger partial charge in [-0.2, -0.15) is 10.4 Å². The lowest BCUT2D eigenvalue weighted by Crippen LogP contribution is -1.98. The lowest BCUT2D eigenvalue weighted by atomic mass is 10.2. The van der Waals surface area contributed by atoms with E-state index >= 15 is 0 Å². The molecule has 0 spiro atoms. The van der Waals surface area contributed by atoms with E-state index in [4.69, 9.17) is 5.26 Å². The minimum atomic E-state index is 0.490. The summed E-state index contributed by atoms with van der Waals surface area (Å²) in [5.41, 5.74) is 5.06. The Morgan fingerprint density at radius 2 is 1.78 bits per heavy atom. The summed E-state index contributed by atoms with van der Waals surface area (Å²) >= 11 is 0. The molecule has 0 aliphatic heterocycles. The SMILES string of the molecule is Cc1nn(-c2ccccc2)cc1-c1ccnc(Nc2ccc(C#N)cc2)n1. The molecular weight excluding hydrogens is 336 g/mol. The van der Waals surface area contributed by atoms with E-state index in [-0.39, 0.29) is 0 Å². The first kappa shape index (κ1) is 16.5. The number of hydrogen-bond acceptors (Lipinski definition) is 5. The maximum absolute atomic E-state index is 8.89. The van der Waals surface area contributed by atoms with E-state index < -0.39 is 0 Å². The van der Waals surface area contributed by atoms with Crippen LogP contribution >= 0.6 is 0 Å². The number of nitrogens with one attached hydrogen (secondary N) is 1. The first-order valence-electron chi connectivity index (χ1n) is 8.45. The van der Waals surface area contributed by atoms with Crippen LogP contribution in [-0.2, 0) is 0 Å². The molecular formula is C21H16N6. The van der Waals surface area contributed by atoms with Crippen molar-refractivity contribution in [1.29, 1.82) is 5.26 Å². The molecule has 2 aromatic heterocycles. The van der Waals surface area contributed by atoms with Crippen LogP contribution < -0.4 is 5.32 Å². The molecule has 0 aliphatic rings. The van der Waals surface area contributed by atoms with Gasteiger partial charge in [-0.15, -0.1) is 0 Å². The van der Waals surface area contributed by atoms with E-state index in [2.05, 4.69) is 26.5 Å². The summed E-state index contributed by atoms with van der Waals surface area (Å²) in [4.78, 5) is 8.89.